The second kappa shape index (κ2) is 4.66. The maximum absolute atomic E-state index is 11.2. The zero-order chi connectivity index (χ0) is 13.3. The van der Waals surface area contributed by atoms with Crippen molar-refractivity contribution in [3.05, 3.63) is 29.7 Å². The summed E-state index contributed by atoms with van der Waals surface area (Å²) < 4.78 is 6.92. The van der Waals surface area contributed by atoms with Gasteiger partial charge in [0, 0.05) is 12.5 Å². The van der Waals surface area contributed by atoms with E-state index in [4.69, 9.17) is 15.6 Å². The summed E-state index contributed by atoms with van der Waals surface area (Å²) in [5.41, 5.74) is 6.28. The Labute approximate surface area is 104 Å². The van der Waals surface area contributed by atoms with Gasteiger partial charge in [0.2, 0.25) is 0 Å². The molecule has 0 bridgehead atoms. The summed E-state index contributed by atoms with van der Waals surface area (Å²) in [4.78, 5) is 15.3. The van der Waals surface area contributed by atoms with Gasteiger partial charge in [-0.15, -0.1) is 0 Å². The third-order valence-electron chi connectivity index (χ3n) is 2.61. The minimum atomic E-state index is -1.06. The Morgan fingerprint density at radius 1 is 1.61 bits per heavy atom. The number of pyridine rings is 1. The van der Waals surface area contributed by atoms with Crippen molar-refractivity contribution in [1.29, 1.82) is 0 Å². The fraction of sp³-hybridized carbons (Fsp3) is 0.333. The first-order chi connectivity index (χ1) is 8.54. The molecule has 3 N–H and O–H groups in total. The third kappa shape index (κ3) is 2.02. The molecular weight excluding hydrogens is 234 g/mol. The van der Waals surface area contributed by atoms with Gasteiger partial charge in [-0.2, -0.15) is 0 Å². The molecule has 2 heterocycles. The molecule has 6 heteroatoms. The average Bonchev–Trinajstić information content (AvgIpc) is 2.67. The van der Waals surface area contributed by atoms with E-state index in [0.29, 0.717) is 23.6 Å². The molecule has 18 heavy (non-hydrogen) atoms. The van der Waals surface area contributed by atoms with E-state index in [9.17, 15) is 4.79 Å². The minimum absolute atomic E-state index is 0.0181. The summed E-state index contributed by atoms with van der Waals surface area (Å²) in [6.07, 6.45) is 0.481. The van der Waals surface area contributed by atoms with Crippen molar-refractivity contribution in [2.45, 2.75) is 19.4 Å². The molecule has 1 atom stereocenters. The van der Waals surface area contributed by atoms with Crippen LogP contribution in [0.25, 0.3) is 5.52 Å². The van der Waals surface area contributed by atoms with Crippen LogP contribution in [0.2, 0.25) is 0 Å². The van der Waals surface area contributed by atoms with Crippen LogP contribution in [0.4, 0.5) is 0 Å². The molecule has 0 spiro atoms. The standard InChI is InChI=1S/C12H15N3O3/c1-7(13)6-9-14-11(12(16)17)8-4-3-5-10(18-2)15(8)9/h3-5,7H,6,13H2,1-2H3,(H,16,17). The Balaban J connectivity index is 2.72. The summed E-state index contributed by atoms with van der Waals surface area (Å²) in [5.74, 6) is 0.0784. The van der Waals surface area contributed by atoms with Crippen molar-refractivity contribution in [3.8, 4) is 5.88 Å². The number of aromatic nitrogens is 2. The van der Waals surface area contributed by atoms with Gasteiger partial charge < -0.3 is 15.6 Å². The van der Waals surface area contributed by atoms with Crippen LogP contribution in [0, 0.1) is 0 Å². The Bertz CT molecular complexity index is 590. The number of carbonyl (C=O) groups is 1. The molecule has 2 rings (SSSR count). The van der Waals surface area contributed by atoms with Gasteiger partial charge in [0.05, 0.1) is 12.6 Å². The summed E-state index contributed by atoms with van der Waals surface area (Å²) >= 11 is 0. The first-order valence-corrected chi connectivity index (χ1v) is 5.57. The molecule has 0 aromatic carbocycles. The highest BCUT2D eigenvalue weighted by Crippen LogP contribution is 2.21. The molecule has 1 unspecified atom stereocenters. The van der Waals surface area contributed by atoms with Crippen LogP contribution >= 0.6 is 0 Å². The van der Waals surface area contributed by atoms with E-state index in [1.165, 1.54) is 7.11 Å². The van der Waals surface area contributed by atoms with Crippen LogP contribution < -0.4 is 10.5 Å². The largest absolute Gasteiger partial charge is 0.482 e. The van der Waals surface area contributed by atoms with Gasteiger partial charge in [-0.1, -0.05) is 6.07 Å². The SMILES string of the molecule is COc1cccc2c(C(=O)O)nc(CC(C)N)n12. The predicted molar refractivity (Wildman–Crippen MR) is 66.1 cm³/mol. The first-order valence-electron chi connectivity index (χ1n) is 5.57. The Morgan fingerprint density at radius 3 is 2.89 bits per heavy atom. The lowest BCUT2D eigenvalue weighted by molar-refractivity contribution is 0.0693. The van der Waals surface area contributed by atoms with Crippen molar-refractivity contribution < 1.29 is 14.6 Å². The van der Waals surface area contributed by atoms with E-state index in [1.807, 2.05) is 6.92 Å². The number of nitrogens with two attached hydrogens (primary N) is 1. The maximum atomic E-state index is 11.2. The molecule has 0 aliphatic heterocycles. The highest BCUT2D eigenvalue weighted by atomic mass is 16.5. The molecule has 0 amide bonds. The summed E-state index contributed by atoms with van der Waals surface area (Å²) in [7, 11) is 1.53. The lowest BCUT2D eigenvalue weighted by Gasteiger charge is -2.08. The second-order valence-corrected chi connectivity index (χ2v) is 4.15. The number of imidazole rings is 1. The van der Waals surface area contributed by atoms with Gasteiger partial charge in [-0.25, -0.2) is 9.78 Å². The molecule has 0 saturated carbocycles. The maximum Gasteiger partial charge on any atom is 0.356 e. The lowest BCUT2D eigenvalue weighted by atomic mass is 10.2. The number of fused-ring (bicyclic) bond motifs is 1. The van der Waals surface area contributed by atoms with Crippen LogP contribution in [-0.4, -0.2) is 33.6 Å². The third-order valence-corrected chi connectivity index (χ3v) is 2.61. The molecule has 0 saturated heterocycles. The quantitative estimate of drug-likeness (QED) is 0.841. The smallest absolute Gasteiger partial charge is 0.356 e. The van der Waals surface area contributed by atoms with E-state index < -0.39 is 5.97 Å². The number of carboxylic acid groups (broad SMARTS) is 1. The topological polar surface area (TPSA) is 89.8 Å². The monoisotopic (exact) mass is 249 g/mol. The first kappa shape index (κ1) is 12.4. The van der Waals surface area contributed by atoms with Crippen molar-refractivity contribution in [3.63, 3.8) is 0 Å². The lowest BCUT2D eigenvalue weighted by Crippen LogP contribution is -2.19. The normalized spacial score (nSPS) is 12.6. The van der Waals surface area contributed by atoms with E-state index in [2.05, 4.69) is 4.98 Å². The molecule has 0 fully saturated rings. The van der Waals surface area contributed by atoms with E-state index in [0.717, 1.165) is 0 Å². The summed E-state index contributed by atoms with van der Waals surface area (Å²) in [6.45, 7) is 1.84. The van der Waals surface area contributed by atoms with Gasteiger partial charge in [-0.3, -0.25) is 4.40 Å². The van der Waals surface area contributed by atoms with Crippen LogP contribution in [0.3, 0.4) is 0 Å². The zero-order valence-corrected chi connectivity index (χ0v) is 10.3. The highest BCUT2D eigenvalue weighted by molar-refractivity contribution is 5.93. The summed E-state index contributed by atoms with van der Waals surface area (Å²) in [6, 6.07) is 5.08. The molecular formula is C12H15N3O3. The molecule has 2 aromatic rings. The van der Waals surface area contributed by atoms with Crippen LogP contribution in [-0.2, 0) is 6.42 Å². The van der Waals surface area contributed by atoms with Crippen molar-refractivity contribution in [2.75, 3.05) is 7.11 Å². The molecule has 0 radical (unpaired) electrons. The molecule has 0 aliphatic rings. The van der Waals surface area contributed by atoms with Gasteiger partial charge in [0.25, 0.3) is 0 Å². The van der Waals surface area contributed by atoms with Gasteiger partial charge >= 0.3 is 5.97 Å². The van der Waals surface area contributed by atoms with Crippen LogP contribution in [0.15, 0.2) is 18.2 Å². The summed E-state index contributed by atoms with van der Waals surface area (Å²) in [5, 5.41) is 9.15. The minimum Gasteiger partial charge on any atom is -0.482 e. The van der Waals surface area contributed by atoms with Crippen LogP contribution in [0.5, 0.6) is 5.88 Å². The molecule has 2 aromatic heterocycles. The van der Waals surface area contributed by atoms with E-state index in [-0.39, 0.29) is 11.7 Å². The van der Waals surface area contributed by atoms with Gasteiger partial charge in [0.15, 0.2) is 11.6 Å². The number of hydrogen-bond acceptors (Lipinski definition) is 4. The van der Waals surface area contributed by atoms with Crippen LogP contribution in [0.1, 0.15) is 23.2 Å². The number of methoxy groups -OCH3 is 1. The molecule has 0 aliphatic carbocycles. The van der Waals surface area contributed by atoms with Gasteiger partial charge in [0.1, 0.15) is 5.82 Å². The fourth-order valence-corrected chi connectivity index (χ4v) is 1.92. The number of nitrogens with zero attached hydrogens (tertiary/aromatic N) is 2. The zero-order valence-electron chi connectivity index (χ0n) is 10.3. The van der Waals surface area contributed by atoms with Gasteiger partial charge in [-0.05, 0) is 19.1 Å². The fourth-order valence-electron chi connectivity index (χ4n) is 1.92. The number of rotatable bonds is 4. The second-order valence-electron chi connectivity index (χ2n) is 4.15. The predicted octanol–water partition coefficient (Wildman–Crippen LogP) is 0.931. The Hall–Kier alpha value is -2.08. The van der Waals surface area contributed by atoms with Crippen molar-refractivity contribution >= 4 is 11.5 Å². The average molecular weight is 249 g/mol. The van der Waals surface area contributed by atoms with E-state index >= 15 is 0 Å². The Morgan fingerprint density at radius 2 is 2.33 bits per heavy atom. The number of aromatic carboxylic acids is 1. The molecule has 6 nitrogen and oxygen atoms in total. The van der Waals surface area contributed by atoms with Crippen molar-refractivity contribution in [1.82, 2.24) is 9.38 Å². The highest BCUT2D eigenvalue weighted by Gasteiger charge is 2.19. The van der Waals surface area contributed by atoms with Crippen molar-refractivity contribution in [2.24, 2.45) is 5.73 Å². The van der Waals surface area contributed by atoms with E-state index in [1.54, 1.807) is 22.6 Å². The number of hydrogen-bond donors (Lipinski definition) is 2. The Kier molecular flexibility index (Phi) is 3.20. The number of ether oxygens (including phenoxy) is 1. The molecule has 96 valence electrons. The number of carboxylic acids is 1.